The number of benzene rings is 1. The summed E-state index contributed by atoms with van der Waals surface area (Å²) in [4.78, 5) is 0. The van der Waals surface area contributed by atoms with Gasteiger partial charge in [0.2, 0.25) is 0 Å². The predicted molar refractivity (Wildman–Crippen MR) is 69.1 cm³/mol. The van der Waals surface area contributed by atoms with Crippen LogP contribution in [0.1, 0.15) is 41.7 Å². The van der Waals surface area contributed by atoms with Gasteiger partial charge in [0.15, 0.2) is 0 Å². The van der Waals surface area contributed by atoms with Gasteiger partial charge in [-0.1, -0.05) is 11.6 Å². The first-order valence-corrected chi connectivity index (χ1v) is 5.37. The van der Waals surface area contributed by atoms with E-state index >= 15 is 0 Å². The molecule has 0 bridgehead atoms. The highest BCUT2D eigenvalue weighted by Crippen LogP contribution is 2.29. The molecule has 0 aliphatic carbocycles. The third kappa shape index (κ3) is 2.06. The third-order valence-corrected chi connectivity index (χ3v) is 3.17. The maximum absolute atomic E-state index is 6.10. The van der Waals surface area contributed by atoms with Gasteiger partial charge in [0.25, 0.3) is 0 Å². The van der Waals surface area contributed by atoms with Gasteiger partial charge in [0.05, 0.1) is 0 Å². The van der Waals surface area contributed by atoms with Crippen LogP contribution >= 0.6 is 0 Å². The molecular formula is C14H21N. The summed E-state index contributed by atoms with van der Waals surface area (Å²) in [5.41, 5.74) is 14.7. The molecule has 0 radical (unpaired) electrons. The molecule has 0 saturated heterocycles. The molecular weight excluding hydrogens is 182 g/mol. The van der Waals surface area contributed by atoms with E-state index in [1.807, 2.05) is 0 Å². The molecule has 1 rings (SSSR count). The SMILES string of the molecule is CC(C)=Cc1c(C)c(C)c(C)c(N)c1C. The lowest BCUT2D eigenvalue weighted by Gasteiger charge is -2.16. The van der Waals surface area contributed by atoms with E-state index in [1.165, 1.54) is 33.4 Å². The van der Waals surface area contributed by atoms with E-state index in [4.69, 9.17) is 5.73 Å². The molecule has 0 heterocycles. The van der Waals surface area contributed by atoms with Crippen LogP contribution in [0.4, 0.5) is 5.69 Å². The van der Waals surface area contributed by atoms with Gasteiger partial charge in [-0.3, -0.25) is 0 Å². The molecule has 1 aromatic rings. The fraction of sp³-hybridized carbons (Fsp3) is 0.429. The predicted octanol–water partition coefficient (Wildman–Crippen LogP) is 3.93. The van der Waals surface area contributed by atoms with E-state index < -0.39 is 0 Å². The Morgan fingerprint density at radius 2 is 1.40 bits per heavy atom. The van der Waals surface area contributed by atoms with Crippen molar-refractivity contribution < 1.29 is 0 Å². The zero-order valence-corrected chi connectivity index (χ0v) is 10.7. The van der Waals surface area contributed by atoms with Gasteiger partial charge in [-0.15, -0.1) is 0 Å². The molecule has 0 amide bonds. The fourth-order valence-corrected chi connectivity index (χ4v) is 1.90. The molecule has 0 saturated carbocycles. The van der Waals surface area contributed by atoms with Gasteiger partial charge in [-0.2, -0.15) is 0 Å². The van der Waals surface area contributed by atoms with Crippen molar-refractivity contribution in [1.29, 1.82) is 0 Å². The number of nitrogens with two attached hydrogens (primary N) is 1. The van der Waals surface area contributed by atoms with Crippen LogP contribution in [-0.2, 0) is 0 Å². The smallest absolute Gasteiger partial charge is 0.0382 e. The first-order valence-electron chi connectivity index (χ1n) is 5.37. The second kappa shape index (κ2) is 4.09. The second-order valence-electron chi connectivity index (χ2n) is 4.55. The Labute approximate surface area is 93.0 Å². The van der Waals surface area contributed by atoms with Crippen LogP contribution < -0.4 is 5.73 Å². The third-order valence-electron chi connectivity index (χ3n) is 3.17. The molecule has 0 unspecified atom stereocenters. The van der Waals surface area contributed by atoms with Gasteiger partial charge in [0, 0.05) is 5.69 Å². The van der Waals surface area contributed by atoms with Crippen LogP contribution in [0, 0.1) is 27.7 Å². The van der Waals surface area contributed by atoms with Crippen molar-refractivity contribution in [2.45, 2.75) is 41.5 Å². The van der Waals surface area contributed by atoms with Crippen molar-refractivity contribution in [1.82, 2.24) is 0 Å². The van der Waals surface area contributed by atoms with Crippen LogP contribution in [0.2, 0.25) is 0 Å². The summed E-state index contributed by atoms with van der Waals surface area (Å²) in [6.45, 7) is 12.7. The van der Waals surface area contributed by atoms with Crippen molar-refractivity contribution in [3.05, 3.63) is 33.4 Å². The number of allylic oxidation sites excluding steroid dienone is 1. The Morgan fingerprint density at radius 1 is 0.867 bits per heavy atom. The van der Waals surface area contributed by atoms with Crippen LogP contribution in [0.25, 0.3) is 6.08 Å². The summed E-state index contributed by atoms with van der Waals surface area (Å²) in [5, 5.41) is 0. The van der Waals surface area contributed by atoms with Crippen molar-refractivity contribution in [3.8, 4) is 0 Å². The summed E-state index contributed by atoms with van der Waals surface area (Å²) in [6.07, 6.45) is 2.22. The highest BCUT2D eigenvalue weighted by molar-refractivity contribution is 5.71. The summed E-state index contributed by atoms with van der Waals surface area (Å²) >= 11 is 0. The summed E-state index contributed by atoms with van der Waals surface area (Å²) in [5.74, 6) is 0. The largest absolute Gasteiger partial charge is 0.398 e. The number of nitrogen functional groups attached to an aromatic ring is 1. The first kappa shape index (κ1) is 11.8. The van der Waals surface area contributed by atoms with Crippen LogP contribution in [0.5, 0.6) is 0 Å². The molecule has 1 heteroatoms. The minimum Gasteiger partial charge on any atom is -0.398 e. The molecule has 0 aliphatic rings. The van der Waals surface area contributed by atoms with E-state index in [1.54, 1.807) is 0 Å². The van der Waals surface area contributed by atoms with Gasteiger partial charge < -0.3 is 5.73 Å². The van der Waals surface area contributed by atoms with Gasteiger partial charge >= 0.3 is 0 Å². The highest BCUT2D eigenvalue weighted by Gasteiger charge is 2.10. The fourth-order valence-electron chi connectivity index (χ4n) is 1.90. The van der Waals surface area contributed by atoms with Crippen LogP contribution in [0.15, 0.2) is 5.57 Å². The molecule has 1 aromatic carbocycles. The first-order chi connectivity index (χ1) is 6.86. The van der Waals surface area contributed by atoms with Crippen LogP contribution in [0.3, 0.4) is 0 Å². The van der Waals surface area contributed by atoms with E-state index in [0.717, 1.165) is 5.69 Å². The van der Waals surface area contributed by atoms with Crippen molar-refractivity contribution in [2.75, 3.05) is 5.73 Å². The standard InChI is InChI=1S/C14H21N/c1-8(2)7-13-10(4)9(3)11(5)14(15)12(13)6/h7H,15H2,1-6H3. The van der Waals surface area contributed by atoms with Gasteiger partial charge in [0.1, 0.15) is 0 Å². The molecule has 1 nitrogen and oxygen atoms in total. The second-order valence-corrected chi connectivity index (χ2v) is 4.55. The zero-order chi connectivity index (χ0) is 11.7. The quantitative estimate of drug-likeness (QED) is 0.688. The molecule has 82 valence electrons. The molecule has 0 aromatic heterocycles. The van der Waals surface area contributed by atoms with E-state index in [9.17, 15) is 0 Å². The summed E-state index contributed by atoms with van der Waals surface area (Å²) < 4.78 is 0. The van der Waals surface area contributed by atoms with Crippen LogP contribution in [-0.4, -0.2) is 0 Å². The number of hydrogen-bond acceptors (Lipinski definition) is 1. The molecule has 0 spiro atoms. The minimum atomic E-state index is 0.936. The van der Waals surface area contributed by atoms with Gasteiger partial charge in [-0.05, 0) is 69.4 Å². The average Bonchev–Trinajstić information content (AvgIpc) is 2.18. The maximum atomic E-state index is 6.10. The Kier molecular flexibility index (Phi) is 3.23. The Balaban J connectivity index is 3.60. The van der Waals surface area contributed by atoms with E-state index in [2.05, 4.69) is 47.6 Å². The zero-order valence-electron chi connectivity index (χ0n) is 10.7. The number of rotatable bonds is 1. The topological polar surface area (TPSA) is 26.0 Å². The Morgan fingerprint density at radius 3 is 1.87 bits per heavy atom. The van der Waals surface area contributed by atoms with Crippen molar-refractivity contribution >= 4 is 11.8 Å². The van der Waals surface area contributed by atoms with Crippen molar-refractivity contribution in [3.63, 3.8) is 0 Å². The van der Waals surface area contributed by atoms with E-state index in [0.29, 0.717) is 0 Å². The maximum Gasteiger partial charge on any atom is 0.0382 e. The lowest BCUT2D eigenvalue weighted by molar-refractivity contribution is 1.22. The monoisotopic (exact) mass is 203 g/mol. The minimum absolute atomic E-state index is 0.936. The van der Waals surface area contributed by atoms with Gasteiger partial charge in [-0.25, -0.2) is 0 Å². The summed E-state index contributed by atoms with van der Waals surface area (Å²) in [7, 11) is 0. The summed E-state index contributed by atoms with van der Waals surface area (Å²) in [6, 6.07) is 0. The molecule has 0 atom stereocenters. The molecule has 0 fully saturated rings. The van der Waals surface area contributed by atoms with E-state index in [-0.39, 0.29) is 0 Å². The molecule has 0 aliphatic heterocycles. The lowest BCUT2D eigenvalue weighted by atomic mass is 9.91. The highest BCUT2D eigenvalue weighted by atomic mass is 14.6. The Hall–Kier alpha value is -1.24. The number of hydrogen-bond donors (Lipinski definition) is 1. The number of anilines is 1. The molecule has 15 heavy (non-hydrogen) atoms. The molecule has 2 N–H and O–H groups in total. The van der Waals surface area contributed by atoms with Crippen molar-refractivity contribution in [2.24, 2.45) is 0 Å². The average molecular weight is 203 g/mol. The normalized spacial score (nSPS) is 10.3. The lowest BCUT2D eigenvalue weighted by Crippen LogP contribution is -2.02. The Bertz CT molecular complexity index is 392.